The molecule has 2 rings (SSSR count). The molecular formula is C15H11F3O. The van der Waals surface area contributed by atoms with Crippen LogP contribution in [0.25, 0.3) is 0 Å². The molecular weight excluding hydrogens is 253 g/mol. The molecule has 0 aliphatic carbocycles. The lowest BCUT2D eigenvalue weighted by molar-refractivity contribution is -0.117. The molecule has 0 bridgehead atoms. The van der Waals surface area contributed by atoms with E-state index in [-0.39, 0.29) is 24.2 Å². The lowest BCUT2D eigenvalue weighted by Gasteiger charge is -2.04. The van der Waals surface area contributed by atoms with E-state index in [0.29, 0.717) is 5.56 Å². The van der Waals surface area contributed by atoms with Crippen LogP contribution in [0.1, 0.15) is 11.1 Å². The third-order valence-corrected chi connectivity index (χ3v) is 2.69. The highest BCUT2D eigenvalue weighted by Crippen LogP contribution is 2.12. The molecule has 0 saturated heterocycles. The predicted octanol–water partition coefficient (Wildman–Crippen LogP) is 3.46. The molecule has 0 N–H and O–H groups in total. The molecule has 0 aliphatic rings. The molecule has 4 heteroatoms. The molecule has 0 amide bonds. The number of Topliss-reactive ketones (excluding diaryl/α,β-unsaturated/α-hetero) is 1. The minimum absolute atomic E-state index is 0.00624. The number of hydrogen-bond acceptors (Lipinski definition) is 1. The summed E-state index contributed by atoms with van der Waals surface area (Å²) >= 11 is 0. The van der Waals surface area contributed by atoms with Crippen LogP contribution in [0.15, 0.2) is 42.5 Å². The number of hydrogen-bond donors (Lipinski definition) is 0. The normalized spacial score (nSPS) is 10.5. The monoisotopic (exact) mass is 264 g/mol. The van der Waals surface area contributed by atoms with Crippen molar-refractivity contribution < 1.29 is 18.0 Å². The Hall–Kier alpha value is -2.10. The van der Waals surface area contributed by atoms with Crippen molar-refractivity contribution >= 4 is 5.78 Å². The summed E-state index contributed by atoms with van der Waals surface area (Å²) in [6, 6.07) is 8.62. The van der Waals surface area contributed by atoms with Crippen LogP contribution in [0.5, 0.6) is 0 Å². The number of halogens is 3. The molecule has 0 spiro atoms. The molecule has 2 aromatic rings. The Morgan fingerprint density at radius 2 is 1.63 bits per heavy atom. The molecule has 0 atom stereocenters. The SMILES string of the molecule is O=C(Cc1cccc(F)c1)Cc1cc(F)ccc1F. The van der Waals surface area contributed by atoms with Crippen LogP contribution in [-0.2, 0) is 17.6 Å². The zero-order valence-electron chi connectivity index (χ0n) is 10.00. The molecule has 0 radical (unpaired) electrons. The molecule has 0 saturated carbocycles. The van der Waals surface area contributed by atoms with E-state index in [4.69, 9.17) is 0 Å². The van der Waals surface area contributed by atoms with Crippen LogP contribution in [0.4, 0.5) is 13.2 Å². The van der Waals surface area contributed by atoms with Gasteiger partial charge in [0, 0.05) is 12.8 Å². The number of ketones is 1. The Morgan fingerprint density at radius 1 is 0.895 bits per heavy atom. The van der Waals surface area contributed by atoms with Gasteiger partial charge in [0.05, 0.1) is 0 Å². The van der Waals surface area contributed by atoms with E-state index in [0.717, 1.165) is 18.2 Å². The number of benzene rings is 2. The van der Waals surface area contributed by atoms with Crippen LogP contribution in [-0.4, -0.2) is 5.78 Å². The second-order valence-electron chi connectivity index (χ2n) is 4.26. The largest absolute Gasteiger partial charge is 0.299 e. The summed E-state index contributed by atoms with van der Waals surface area (Å²) in [6.45, 7) is 0. The maximum Gasteiger partial charge on any atom is 0.141 e. The van der Waals surface area contributed by atoms with Crippen molar-refractivity contribution in [2.75, 3.05) is 0 Å². The fourth-order valence-corrected chi connectivity index (χ4v) is 1.83. The van der Waals surface area contributed by atoms with Gasteiger partial charge >= 0.3 is 0 Å². The van der Waals surface area contributed by atoms with E-state index < -0.39 is 17.5 Å². The summed E-state index contributed by atoms with van der Waals surface area (Å²) in [5, 5.41) is 0. The van der Waals surface area contributed by atoms with Gasteiger partial charge in [0.15, 0.2) is 0 Å². The quantitative estimate of drug-likeness (QED) is 0.826. The van der Waals surface area contributed by atoms with Gasteiger partial charge in [0.1, 0.15) is 23.2 Å². The molecule has 1 nitrogen and oxygen atoms in total. The first-order valence-corrected chi connectivity index (χ1v) is 5.74. The zero-order valence-corrected chi connectivity index (χ0v) is 10.00. The first-order valence-electron chi connectivity index (χ1n) is 5.74. The van der Waals surface area contributed by atoms with Gasteiger partial charge in [-0.1, -0.05) is 12.1 Å². The van der Waals surface area contributed by atoms with Gasteiger partial charge < -0.3 is 0 Å². The smallest absolute Gasteiger partial charge is 0.141 e. The van der Waals surface area contributed by atoms with Crippen LogP contribution in [0, 0.1) is 17.5 Å². The van der Waals surface area contributed by atoms with Crippen molar-refractivity contribution in [2.24, 2.45) is 0 Å². The molecule has 2 aromatic carbocycles. The van der Waals surface area contributed by atoms with Crippen molar-refractivity contribution in [2.45, 2.75) is 12.8 Å². The van der Waals surface area contributed by atoms with E-state index in [9.17, 15) is 18.0 Å². The van der Waals surface area contributed by atoms with Crippen LogP contribution < -0.4 is 0 Å². The Bertz CT molecular complexity index is 608. The molecule has 0 unspecified atom stereocenters. The van der Waals surface area contributed by atoms with Crippen LogP contribution in [0.3, 0.4) is 0 Å². The van der Waals surface area contributed by atoms with Crippen molar-refractivity contribution in [3.8, 4) is 0 Å². The van der Waals surface area contributed by atoms with Crippen molar-refractivity contribution in [1.82, 2.24) is 0 Å². The van der Waals surface area contributed by atoms with E-state index in [1.54, 1.807) is 6.07 Å². The van der Waals surface area contributed by atoms with Crippen LogP contribution >= 0.6 is 0 Å². The average Bonchev–Trinajstić information content (AvgIpc) is 2.34. The van der Waals surface area contributed by atoms with Gasteiger partial charge in [-0.15, -0.1) is 0 Å². The van der Waals surface area contributed by atoms with Crippen LogP contribution in [0.2, 0.25) is 0 Å². The summed E-state index contributed by atoms with van der Waals surface area (Å²) in [6.07, 6.45) is -0.214. The Kier molecular flexibility index (Phi) is 4.00. The van der Waals surface area contributed by atoms with Gasteiger partial charge in [-0.2, -0.15) is 0 Å². The van der Waals surface area contributed by atoms with Crippen molar-refractivity contribution in [1.29, 1.82) is 0 Å². The van der Waals surface area contributed by atoms with Gasteiger partial charge in [-0.05, 0) is 41.5 Å². The number of rotatable bonds is 4. The first kappa shape index (κ1) is 13.3. The number of carbonyl (C=O) groups excluding carboxylic acids is 1. The summed E-state index contributed by atoms with van der Waals surface area (Å²) in [4.78, 5) is 11.7. The molecule has 0 aliphatic heterocycles. The lowest BCUT2D eigenvalue weighted by Crippen LogP contribution is -2.08. The third kappa shape index (κ3) is 3.68. The van der Waals surface area contributed by atoms with Gasteiger partial charge in [0.25, 0.3) is 0 Å². The summed E-state index contributed by atoms with van der Waals surface area (Å²) in [5.41, 5.74) is 0.531. The first-order chi connectivity index (χ1) is 9.04. The number of carbonyl (C=O) groups is 1. The minimum atomic E-state index is -0.617. The Labute approximate surface area is 108 Å². The second kappa shape index (κ2) is 5.69. The molecule has 0 aromatic heterocycles. The zero-order chi connectivity index (χ0) is 13.8. The summed E-state index contributed by atoms with van der Waals surface area (Å²) in [7, 11) is 0. The summed E-state index contributed by atoms with van der Waals surface area (Å²) in [5.74, 6) is -1.93. The van der Waals surface area contributed by atoms with E-state index in [1.807, 2.05) is 0 Å². The van der Waals surface area contributed by atoms with E-state index >= 15 is 0 Å². The van der Waals surface area contributed by atoms with E-state index in [1.165, 1.54) is 18.2 Å². The standard InChI is InChI=1S/C15H11F3O/c16-12-3-1-2-10(6-12)7-14(19)9-11-8-13(17)4-5-15(11)18/h1-6,8H,7,9H2. The molecule has 98 valence electrons. The highest BCUT2D eigenvalue weighted by Gasteiger charge is 2.10. The van der Waals surface area contributed by atoms with Crippen molar-refractivity contribution in [3.63, 3.8) is 0 Å². The maximum absolute atomic E-state index is 13.4. The minimum Gasteiger partial charge on any atom is -0.299 e. The molecule has 0 fully saturated rings. The van der Waals surface area contributed by atoms with Gasteiger partial charge in [-0.3, -0.25) is 4.79 Å². The van der Waals surface area contributed by atoms with Gasteiger partial charge in [0.2, 0.25) is 0 Å². The van der Waals surface area contributed by atoms with Crippen molar-refractivity contribution in [3.05, 3.63) is 71.0 Å². The average molecular weight is 264 g/mol. The molecule has 0 heterocycles. The Morgan fingerprint density at radius 3 is 2.37 bits per heavy atom. The van der Waals surface area contributed by atoms with Gasteiger partial charge in [-0.25, -0.2) is 13.2 Å². The topological polar surface area (TPSA) is 17.1 Å². The summed E-state index contributed by atoms with van der Waals surface area (Å²) < 4.78 is 39.2. The Balaban J connectivity index is 2.07. The second-order valence-corrected chi connectivity index (χ2v) is 4.26. The highest BCUT2D eigenvalue weighted by atomic mass is 19.1. The maximum atomic E-state index is 13.4. The predicted molar refractivity (Wildman–Crippen MR) is 65.2 cm³/mol. The lowest BCUT2D eigenvalue weighted by atomic mass is 10.0. The molecule has 19 heavy (non-hydrogen) atoms. The fraction of sp³-hybridized carbons (Fsp3) is 0.133. The highest BCUT2D eigenvalue weighted by molar-refractivity contribution is 5.83. The fourth-order valence-electron chi connectivity index (χ4n) is 1.83. The third-order valence-electron chi connectivity index (χ3n) is 2.69. The van der Waals surface area contributed by atoms with E-state index in [2.05, 4.69) is 0 Å².